The van der Waals surface area contributed by atoms with Gasteiger partial charge >= 0.3 is 0 Å². The summed E-state index contributed by atoms with van der Waals surface area (Å²) in [5.74, 6) is -0.198. The lowest BCUT2D eigenvalue weighted by Crippen LogP contribution is -2.21. The summed E-state index contributed by atoms with van der Waals surface area (Å²) >= 11 is 6.60. The predicted octanol–water partition coefficient (Wildman–Crippen LogP) is 1.72. The molecule has 0 saturated carbocycles. The summed E-state index contributed by atoms with van der Waals surface area (Å²) in [7, 11) is 0. The van der Waals surface area contributed by atoms with Crippen molar-refractivity contribution in [3.8, 4) is 5.75 Å². The quantitative estimate of drug-likeness (QED) is 0.780. The summed E-state index contributed by atoms with van der Waals surface area (Å²) in [4.78, 5) is 10.7. The molecule has 3 N–H and O–H groups in total. The van der Waals surface area contributed by atoms with Crippen LogP contribution in [0, 0.1) is 0 Å². The van der Waals surface area contributed by atoms with Crippen molar-refractivity contribution in [1.82, 2.24) is 0 Å². The topological polar surface area (TPSA) is 77.8 Å². The van der Waals surface area contributed by atoms with E-state index in [4.69, 9.17) is 11.6 Å². The normalized spacial score (nSPS) is 14.4. The fourth-order valence-electron chi connectivity index (χ4n) is 1.27. The lowest BCUT2D eigenvalue weighted by atomic mass is 10.0. The molecule has 1 aromatic carbocycles. The maximum atomic E-state index is 10.7. The van der Waals surface area contributed by atoms with E-state index in [1.165, 1.54) is 19.1 Å². The number of para-hydroxylation sites is 1. The highest BCUT2D eigenvalue weighted by Crippen LogP contribution is 2.33. The minimum absolute atomic E-state index is 0.0580. The van der Waals surface area contributed by atoms with E-state index < -0.39 is 12.2 Å². The Morgan fingerprint density at radius 2 is 2.12 bits per heavy atom. The molecule has 1 aromatic rings. The molecule has 4 nitrogen and oxygen atoms in total. The second-order valence-corrected chi connectivity index (χ2v) is 5.10. The molecule has 0 fully saturated rings. The number of hydrogen-bond donors (Lipinski definition) is 3. The Morgan fingerprint density at radius 3 is 2.71 bits per heavy atom. The highest BCUT2D eigenvalue weighted by molar-refractivity contribution is 8.13. The number of rotatable bonds is 4. The van der Waals surface area contributed by atoms with Gasteiger partial charge in [-0.2, -0.15) is 0 Å². The summed E-state index contributed by atoms with van der Waals surface area (Å²) in [5.41, 5.74) is 0.147. The van der Waals surface area contributed by atoms with Gasteiger partial charge in [-0.1, -0.05) is 35.5 Å². The number of phenolic OH excluding ortho intramolecular Hbond substituents is 1. The molecule has 0 saturated heterocycles. The van der Waals surface area contributed by atoms with E-state index >= 15 is 0 Å². The van der Waals surface area contributed by atoms with Gasteiger partial charge in [0.1, 0.15) is 11.9 Å². The molecule has 0 aliphatic rings. The maximum absolute atomic E-state index is 10.7. The number of aliphatic hydroxyl groups excluding tert-OH is 2. The molecule has 2 atom stereocenters. The summed E-state index contributed by atoms with van der Waals surface area (Å²) < 4.78 is 0. The Balaban J connectivity index is 2.77. The Hall–Kier alpha value is -0.750. The van der Waals surface area contributed by atoms with Crippen molar-refractivity contribution in [3.63, 3.8) is 0 Å². The van der Waals surface area contributed by atoms with Crippen molar-refractivity contribution in [2.45, 2.75) is 19.1 Å². The first-order valence-electron chi connectivity index (χ1n) is 4.90. The minimum atomic E-state index is -1.28. The highest BCUT2D eigenvalue weighted by atomic mass is 35.5. The van der Waals surface area contributed by atoms with Gasteiger partial charge in [0.05, 0.1) is 11.1 Å². The van der Waals surface area contributed by atoms with E-state index in [-0.39, 0.29) is 27.2 Å². The second kappa shape index (κ2) is 6.26. The van der Waals surface area contributed by atoms with Gasteiger partial charge in [0, 0.05) is 18.2 Å². The Kier molecular flexibility index (Phi) is 5.27. The van der Waals surface area contributed by atoms with E-state index in [0.29, 0.717) is 0 Å². The number of thioether (sulfide) groups is 1. The van der Waals surface area contributed by atoms with Crippen LogP contribution in [0.1, 0.15) is 18.6 Å². The smallest absolute Gasteiger partial charge is 0.185 e. The van der Waals surface area contributed by atoms with E-state index in [2.05, 4.69) is 0 Å². The van der Waals surface area contributed by atoms with E-state index in [1.807, 2.05) is 0 Å². The minimum Gasteiger partial charge on any atom is -0.506 e. The molecule has 6 heteroatoms. The fourth-order valence-corrected chi connectivity index (χ4v) is 2.04. The molecule has 0 spiro atoms. The first-order valence-corrected chi connectivity index (χ1v) is 6.26. The maximum Gasteiger partial charge on any atom is 0.185 e. The lowest BCUT2D eigenvalue weighted by molar-refractivity contribution is -0.109. The molecule has 0 amide bonds. The van der Waals surface area contributed by atoms with Crippen LogP contribution in [0.25, 0.3) is 0 Å². The molecule has 0 aliphatic heterocycles. The SMILES string of the molecule is CC(=O)SCC(O)C(O)c1cccc(Cl)c1O. The first kappa shape index (κ1) is 14.3. The molecule has 0 aromatic heterocycles. The van der Waals surface area contributed by atoms with Crippen LogP contribution in [-0.2, 0) is 4.79 Å². The molecule has 2 unspecified atom stereocenters. The van der Waals surface area contributed by atoms with Gasteiger partial charge in [-0.05, 0) is 6.07 Å². The van der Waals surface area contributed by atoms with Crippen LogP contribution in [0.4, 0.5) is 0 Å². The van der Waals surface area contributed by atoms with E-state index in [9.17, 15) is 20.1 Å². The van der Waals surface area contributed by atoms with Gasteiger partial charge in [-0.25, -0.2) is 0 Å². The number of benzene rings is 1. The molecule has 0 heterocycles. The van der Waals surface area contributed by atoms with Crippen LogP contribution in [0.5, 0.6) is 5.75 Å². The number of halogens is 1. The van der Waals surface area contributed by atoms with Crippen LogP contribution in [0.15, 0.2) is 18.2 Å². The summed E-state index contributed by atoms with van der Waals surface area (Å²) in [6.45, 7) is 1.38. The van der Waals surface area contributed by atoms with Crippen LogP contribution >= 0.6 is 23.4 Å². The second-order valence-electron chi connectivity index (χ2n) is 3.49. The molecule has 0 radical (unpaired) electrons. The monoisotopic (exact) mass is 276 g/mol. The molecule has 1 rings (SSSR count). The Morgan fingerprint density at radius 1 is 1.47 bits per heavy atom. The molecular weight excluding hydrogens is 264 g/mol. The summed E-state index contributed by atoms with van der Waals surface area (Å²) in [6.07, 6.45) is -2.42. The molecule has 17 heavy (non-hydrogen) atoms. The summed E-state index contributed by atoms with van der Waals surface area (Å²) in [6, 6.07) is 4.50. The molecule has 0 aliphatic carbocycles. The van der Waals surface area contributed by atoms with Crippen LogP contribution in [0.2, 0.25) is 5.02 Å². The largest absolute Gasteiger partial charge is 0.506 e. The van der Waals surface area contributed by atoms with Gasteiger partial charge in [0.15, 0.2) is 5.12 Å². The Labute approximate surface area is 108 Å². The van der Waals surface area contributed by atoms with Crippen molar-refractivity contribution < 1.29 is 20.1 Å². The number of hydrogen-bond acceptors (Lipinski definition) is 5. The average molecular weight is 277 g/mol. The third-order valence-electron chi connectivity index (χ3n) is 2.16. The van der Waals surface area contributed by atoms with Gasteiger partial charge in [-0.3, -0.25) is 4.79 Å². The zero-order valence-electron chi connectivity index (χ0n) is 9.13. The number of phenols is 1. The predicted molar refractivity (Wildman–Crippen MR) is 67.2 cm³/mol. The van der Waals surface area contributed by atoms with E-state index in [1.54, 1.807) is 6.07 Å². The van der Waals surface area contributed by atoms with Crippen molar-refractivity contribution in [1.29, 1.82) is 0 Å². The fraction of sp³-hybridized carbons (Fsp3) is 0.364. The average Bonchev–Trinajstić information content (AvgIpc) is 2.28. The summed E-state index contributed by atoms with van der Waals surface area (Å²) in [5, 5.41) is 29.0. The van der Waals surface area contributed by atoms with Crippen molar-refractivity contribution in [2.24, 2.45) is 0 Å². The number of carbonyl (C=O) groups excluding carboxylic acids is 1. The van der Waals surface area contributed by atoms with Crippen LogP contribution < -0.4 is 0 Å². The zero-order valence-corrected chi connectivity index (χ0v) is 10.7. The number of aromatic hydroxyl groups is 1. The Bertz CT molecular complexity index is 410. The van der Waals surface area contributed by atoms with Crippen LogP contribution in [0.3, 0.4) is 0 Å². The molecular formula is C11H13ClO4S. The van der Waals surface area contributed by atoms with Gasteiger partial charge in [0.2, 0.25) is 0 Å². The lowest BCUT2D eigenvalue weighted by Gasteiger charge is -2.18. The zero-order chi connectivity index (χ0) is 13.0. The first-order chi connectivity index (χ1) is 7.93. The standard InChI is InChI=1S/C11H13ClO4S/c1-6(13)17-5-9(14)11(16)7-3-2-4-8(12)10(7)15/h2-4,9,11,14-16H,5H2,1H3. The molecule has 94 valence electrons. The molecule has 0 bridgehead atoms. The van der Waals surface area contributed by atoms with E-state index in [0.717, 1.165) is 11.8 Å². The van der Waals surface area contributed by atoms with Crippen molar-refractivity contribution in [3.05, 3.63) is 28.8 Å². The third kappa shape index (κ3) is 3.89. The third-order valence-corrected chi connectivity index (χ3v) is 3.38. The number of aliphatic hydroxyl groups is 2. The number of carbonyl (C=O) groups is 1. The van der Waals surface area contributed by atoms with Crippen LogP contribution in [-0.4, -0.2) is 32.3 Å². The van der Waals surface area contributed by atoms with Gasteiger partial charge < -0.3 is 15.3 Å². The van der Waals surface area contributed by atoms with Gasteiger partial charge in [0.25, 0.3) is 0 Å². The van der Waals surface area contributed by atoms with Gasteiger partial charge in [-0.15, -0.1) is 0 Å². The van der Waals surface area contributed by atoms with Crippen molar-refractivity contribution >= 4 is 28.5 Å². The van der Waals surface area contributed by atoms with Crippen molar-refractivity contribution in [2.75, 3.05) is 5.75 Å². The highest BCUT2D eigenvalue weighted by Gasteiger charge is 2.22.